The van der Waals surface area contributed by atoms with Gasteiger partial charge in [-0.3, -0.25) is 0 Å². The molecule has 160 valence electrons. The molecule has 2 N–H and O–H groups in total. The second-order valence-electron chi connectivity index (χ2n) is 7.21. The highest BCUT2D eigenvalue weighted by Gasteiger charge is 2.34. The highest BCUT2D eigenvalue weighted by Crippen LogP contribution is 2.27. The van der Waals surface area contributed by atoms with Gasteiger partial charge in [-0.25, -0.2) is 4.39 Å². The number of rotatable bonds is 9. The summed E-state index contributed by atoms with van der Waals surface area (Å²) >= 11 is 0. The fourth-order valence-electron chi connectivity index (χ4n) is 3.24. The lowest BCUT2D eigenvalue weighted by atomic mass is 9.93. The van der Waals surface area contributed by atoms with Crippen LogP contribution in [-0.2, 0) is 4.74 Å². The summed E-state index contributed by atoms with van der Waals surface area (Å²) in [5, 5.41) is 13.5. The van der Waals surface area contributed by atoms with E-state index in [-0.39, 0.29) is 24.8 Å². The topological polar surface area (TPSA) is 60.0 Å². The third-order valence-corrected chi connectivity index (χ3v) is 4.90. The number of para-hydroxylation sites is 1. The van der Waals surface area contributed by atoms with Crippen LogP contribution in [0.4, 0.5) is 4.39 Å². The second-order valence-corrected chi connectivity index (χ2v) is 7.21. The van der Waals surface area contributed by atoms with E-state index in [0.717, 1.165) is 24.2 Å². The lowest BCUT2D eigenvalue weighted by Gasteiger charge is -2.38. The highest BCUT2D eigenvalue weighted by atomic mass is 35.5. The van der Waals surface area contributed by atoms with Crippen molar-refractivity contribution in [2.75, 3.05) is 32.9 Å². The van der Waals surface area contributed by atoms with Crippen molar-refractivity contribution < 1.29 is 23.7 Å². The minimum atomic E-state index is -0.637. The molecule has 0 aromatic heterocycles. The molecular formula is C22H29ClFNO4. The lowest BCUT2D eigenvalue weighted by molar-refractivity contribution is -0.0459. The smallest absolute Gasteiger partial charge is 0.126 e. The van der Waals surface area contributed by atoms with Crippen molar-refractivity contribution in [1.29, 1.82) is 0 Å². The Kier molecular flexibility index (Phi) is 9.17. The number of hydrogen-bond donors (Lipinski definition) is 2. The molecule has 29 heavy (non-hydrogen) atoms. The molecule has 0 radical (unpaired) electrons. The van der Waals surface area contributed by atoms with Crippen molar-refractivity contribution in [3.8, 4) is 11.5 Å². The van der Waals surface area contributed by atoms with E-state index in [1.165, 1.54) is 12.1 Å². The van der Waals surface area contributed by atoms with E-state index in [9.17, 15) is 9.50 Å². The maximum absolute atomic E-state index is 13.1. The molecular weight excluding hydrogens is 397 g/mol. The molecule has 2 aromatic rings. The van der Waals surface area contributed by atoms with Crippen LogP contribution in [0.1, 0.15) is 18.4 Å². The van der Waals surface area contributed by atoms with Gasteiger partial charge in [-0.2, -0.15) is 0 Å². The van der Waals surface area contributed by atoms with Crippen molar-refractivity contribution >= 4 is 12.4 Å². The van der Waals surface area contributed by atoms with Gasteiger partial charge in [0.1, 0.15) is 35.6 Å². The van der Waals surface area contributed by atoms with Crippen LogP contribution in [0.5, 0.6) is 11.5 Å². The Morgan fingerprint density at radius 2 is 1.83 bits per heavy atom. The first kappa shape index (κ1) is 23.4. The van der Waals surface area contributed by atoms with Gasteiger partial charge in [0, 0.05) is 25.9 Å². The van der Waals surface area contributed by atoms with Gasteiger partial charge in [0.05, 0.1) is 13.2 Å². The first-order chi connectivity index (χ1) is 13.6. The first-order valence-corrected chi connectivity index (χ1v) is 9.66. The number of aliphatic hydroxyl groups is 1. The third-order valence-electron chi connectivity index (χ3n) is 4.90. The van der Waals surface area contributed by atoms with Crippen LogP contribution in [0, 0.1) is 12.7 Å². The van der Waals surface area contributed by atoms with Crippen LogP contribution < -0.4 is 14.8 Å². The van der Waals surface area contributed by atoms with Crippen LogP contribution in [0.25, 0.3) is 0 Å². The average molecular weight is 426 g/mol. The molecule has 1 saturated heterocycles. The molecule has 2 aromatic carbocycles. The first-order valence-electron chi connectivity index (χ1n) is 9.66. The largest absolute Gasteiger partial charge is 0.491 e. The average Bonchev–Trinajstić information content (AvgIpc) is 2.70. The van der Waals surface area contributed by atoms with Crippen LogP contribution in [0.3, 0.4) is 0 Å². The van der Waals surface area contributed by atoms with Gasteiger partial charge in [0.2, 0.25) is 0 Å². The van der Waals surface area contributed by atoms with Crippen LogP contribution in [0.2, 0.25) is 0 Å². The monoisotopic (exact) mass is 425 g/mol. The summed E-state index contributed by atoms with van der Waals surface area (Å²) in [6.45, 7) is 4.37. The molecule has 0 saturated carbocycles. The Labute approximate surface area is 177 Å². The zero-order valence-corrected chi connectivity index (χ0v) is 17.4. The van der Waals surface area contributed by atoms with Gasteiger partial charge in [0.25, 0.3) is 0 Å². The fraction of sp³-hybridized carbons (Fsp3) is 0.455. The Morgan fingerprint density at radius 3 is 2.52 bits per heavy atom. The summed E-state index contributed by atoms with van der Waals surface area (Å²) in [7, 11) is 0. The molecule has 1 heterocycles. The van der Waals surface area contributed by atoms with Crippen LogP contribution >= 0.6 is 12.4 Å². The number of benzene rings is 2. The van der Waals surface area contributed by atoms with E-state index in [2.05, 4.69) is 5.32 Å². The summed E-state index contributed by atoms with van der Waals surface area (Å²) in [6.07, 6.45) is 0.822. The molecule has 5 nitrogen and oxygen atoms in total. The fourth-order valence-corrected chi connectivity index (χ4v) is 3.24. The maximum atomic E-state index is 13.1. The molecule has 1 aliphatic rings. The van der Waals surface area contributed by atoms with E-state index in [0.29, 0.717) is 32.1 Å². The Bertz CT molecular complexity index is 738. The standard InChI is InChI=1S/C22H28FNO4.ClH/c1-17-4-2-3-5-21(17)27-15-19(25)14-24-16-22(10-12-26-13-11-22)28-20-8-6-18(23)7-9-20;/h2-9,19,24-25H,10-16H2,1H3;1H. The minimum Gasteiger partial charge on any atom is -0.491 e. The predicted octanol–water partition coefficient (Wildman–Crippen LogP) is 3.51. The number of ether oxygens (including phenoxy) is 3. The molecule has 0 spiro atoms. The van der Waals surface area contributed by atoms with E-state index in [4.69, 9.17) is 14.2 Å². The van der Waals surface area contributed by atoms with E-state index in [1.807, 2.05) is 31.2 Å². The molecule has 1 fully saturated rings. The summed E-state index contributed by atoms with van der Waals surface area (Å²) in [5.41, 5.74) is 0.601. The number of halogens is 2. The zero-order valence-electron chi connectivity index (χ0n) is 16.6. The summed E-state index contributed by atoms with van der Waals surface area (Å²) in [6, 6.07) is 13.8. The van der Waals surface area contributed by atoms with E-state index < -0.39 is 11.7 Å². The Morgan fingerprint density at radius 1 is 1.14 bits per heavy atom. The van der Waals surface area contributed by atoms with Crippen molar-refractivity contribution in [3.05, 3.63) is 59.9 Å². The Balaban J connectivity index is 0.00000300. The third kappa shape index (κ3) is 7.16. The molecule has 7 heteroatoms. The van der Waals surface area contributed by atoms with Gasteiger partial charge in [0.15, 0.2) is 0 Å². The molecule has 1 unspecified atom stereocenters. The number of aliphatic hydroxyl groups excluding tert-OH is 1. The summed E-state index contributed by atoms with van der Waals surface area (Å²) in [4.78, 5) is 0. The quantitative estimate of drug-likeness (QED) is 0.643. The van der Waals surface area contributed by atoms with Gasteiger partial charge in [-0.05, 0) is 42.8 Å². The maximum Gasteiger partial charge on any atom is 0.126 e. The van der Waals surface area contributed by atoms with E-state index >= 15 is 0 Å². The normalized spacial score (nSPS) is 16.5. The van der Waals surface area contributed by atoms with Gasteiger partial charge in [-0.1, -0.05) is 18.2 Å². The Hall–Kier alpha value is -1.86. The number of hydrogen-bond acceptors (Lipinski definition) is 5. The molecule has 1 aliphatic heterocycles. The van der Waals surface area contributed by atoms with Crippen molar-refractivity contribution in [2.45, 2.75) is 31.5 Å². The SMILES string of the molecule is Cc1ccccc1OCC(O)CNCC1(Oc2ccc(F)cc2)CCOCC1.Cl. The highest BCUT2D eigenvalue weighted by molar-refractivity contribution is 5.85. The summed E-state index contributed by atoms with van der Waals surface area (Å²) < 4.78 is 30.5. The van der Waals surface area contributed by atoms with Crippen molar-refractivity contribution in [2.24, 2.45) is 0 Å². The minimum absolute atomic E-state index is 0. The summed E-state index contributed by atoms with van der Waals surface area (Å²) in [5.74, 6) is 1.12. The van der Waals surface area contributed by atoms with Gasteiger partial charge < -0.3 is 24.6 Å². The number of nitrogens with one attached hydrogen (secondary N) is 1. The van der Waals surface area contributed by atoms with Gasteiger partial charge >= 0.3 is 0 Å². The molecule has 0 aliphatic carbocycles. The number of aryl methyl sites for hydroxylation is 1. The van der Waals surface area contributed by atoms with Gasteiger partial charge in [-0.15, -0.1) is 12.4 Å². The van der Waals surface area contributed by atoms with Crippen molar-refractivity contribution in [1.82, 2.24) is 5.32 Å². The zero-order chi connectivity index (χ0) is 19.8. The van der Waals surface area contributed by atoms with Crippen LogP contribution in [-0.4, -0.2) is 49.7 Å². The van der Waals surface area contributed by atoms with E-state index in [1.54, 1.807) is 12.1 Å². The lowest BCUT2D eigenvalue weighted by Crippen LogP contribution is -2.51. The predicted molar refractivity (Wildman–Crippen MR) is 113 cm³/mol. The van der Waals surface area contributed by atoms with Crippen molar-refractivity contribution in [3.63, 3.8) is 0 Å². The molecule has 3 rings (SSSR count). The molecule has 0 bridgehead atoms. The second kappa shape index (κ2) is 11.4. The molecule has 1 atom stereocenters. The molecule has 0 amide bonds. The van der Waals surface area contributed by atoms with Crippen LogP contribution in [0.15, 0.2) is 48.5 Å².